The number of fused-ring (bicyclic) bond motifs is 1. The molecule has 0 unspecified atom stereocenters. The van der Waals surface area contributed by atoms with Gasteiger partial charge in [0.1, 0.15) is 11.6 Å². The zero-order chi connectivity index (χ0) is 18.7. The summed E-state index contributed by atoms with van der Waals surface area (Å²) < 4.78 is 44.3. The fraction of sp³-hybridized carbons (Fsp3) is 0.278. The number of benzene rings is 2. The zero-order valence-electron chi connectivity index (χ0n) is 14.2. The second kappa shape index (κ2) is 7.33. The van der Waals surface area contributed by atoms with Crippen molar-refractivity contribution in [2.45, 2.75) is 6.42 Å². The quantitative estimate of drug-likeness (QED) is 0.835. The van der Waals surface area contributed by atoms with Gasteiger partial charge in [-0.05, 0) is 36.2 Å². The minimum Gasteiger partial charge on any atom is -0.493 e. The van der Waals surface area contributed by atoms with Gasteiger partial charge in [-0.3, -0.25) is 9.52 Å². The van der Waals surface area contributed by atoms with Crippen molar-refractivity contribution in [2.75, 3.05) is 24.1 Å². The van der Waals surface area contributed by atoms with Gasteiger partial charge in [-0.25, -0.2) is 12.8 Å². The molecule has 1 aliphatic rings. The van der Waals surface area contributed by atoms with Gasteiger partial charge in [0.2, 0.25) is 10.0 Å². The fourth-order valence-corrected chi connectivity index (χ4v) is 3.42. The second-order valence-corrected chi connectivity index (χ2v) is 8.01. The zero-order valence-corrected chi connectivity index (χ0v) is 15.0. The van der Waals surface area contributed by atoms with E-state index >= 15 is 0 Å². The van der Waals surface area contributed by atoms with Crippen LogP contribution in [0.4, 0.5) is 10.1 Å². The van der Waals surface area contributed by atoms with E-state index in [1.807, 2.05) is 24.3 Å². The van der Waals surface area contributed by atoms with Gasteiger partial charge in [0.05, 0.1) is 24.1 Å². The Labute approximate surface area is 151 Å². The summed E-state index contributed by atoms with van der Waals surface area (Å²) in [5.41, 5.74) is 1.05. The van der Waals surface area contributed by atoms with E-state index in [9.17, 15) is 17.6 Å². The van der Waals surface area contributed by atoms with Crippen LogP contribution in [0.2, 0.25) is 0 Å². The molecule has 0 spiro atoms. The van der Waals surface area contributed by atoms with E-state index in [1.54, 1.807) is 0 Å². The number of hydrogen-bond acceptors (Lipinski definition) is 4. The molecule has 2 aromatic rings. The van der Waals surface area contributed by atoms with Gasteiger partial charge in [-0.1, -0.05) is 18.2 Å². The Morgan fingerprint density at radius 2 is 2.04 bits per heavy atom. The summed E-state index contributed by atoms with van der Waals surface area (Å²) in [4.78, 5) is 12.4. The summed E-state index contributed by atoms with van der Waals surface area (Å²) in [6.07, 6.45) is 1.73. The number of halogens is 1. The molecule has 26 heavy (non-hydrogen) atoms. The van der Waals surface area contributed by atoms with Crippen LogP contribution in [-0.2, 0) is 16.4 Å². The summed E-state index contributed by atoms with van der Waals surface area (Å²) in [6.45, 7) is 0.802. The molecule has 0 radical (unpaired) electrons. The Morgan fingerprint density at radius 1 is 1.27 bits per heavy atom. The maximum atomic E-state index is 13.5. The lowest BCUT2D eigenvalue weighted by molar-refractivity contribution is 0.0939. The number of ether oxygens (including phenoxy) is 1. The highest BCUT2D eigenvalue weighted by atomic mass is 32.2. The molecule has 138 valence electrons. The molecule has 0 saturated carbocycles. The van der Waals surface area contributed by atoms with Gasteiger partial charge in [-0.15, -0.1) is 0 Å². The molecule has 1 atom stereocenters. The number of carbonyl (C=O) groups is 1. The molecular weight excluding hydrogens is 359 g/mol. The average molecular weight is 378 g/mol. The molecule has 2 aromatic carbocycles. The second-order valence-electron chi connectivity index (χ2n) is 6.26. The van der Waals surface area contributed by atoms with Crippen molar-refractivity contribution >= 4 is 21.6 Å². The van der Waals surface area contributed by atoms with Crippen molar-refractivity contribution in [2.24, 2.45) is 5.92 Å². The Balaban J connectivity index is 1.68. The van der Waals surface area contributed by atoms with Gasteiger partial charge < -0.3 is 10.1 Å². The van der Waals surface area contributed by atoms with Crippen LogP contribution in [-0.4, -0.2) is 33.7 Å². The van der Waals surface area contributed by atoms with Crippen LogP contribution < -0.4 is 14.8 Å². The van der Waals surface area contributed by atoms with Crippen LogP contribution in [0, 0.1) is 11.7 Å². The van der Waals surface area contributed by atoms with E-state index in [4.69, 9.17) is 4.74 Å². The van der Waals surface area contributed by atoms with Crippen molar-refractivity contribution in [3.05, 3.63) is 59.4 Å². The normalized spacial score (nSPS) is 16.3. The van der Waals surface area contributed by atoms with Crippen molar-refractivity contribution in [1.29, 1.82) is 0 Å². The smallest absolute Gasteiger partial charge is 0.253 e. The van der Waals surface area contributed by atoms with Gasteiger partial charge >= 0.3 is 0 Å². The SMILES string of the molecule is CS(=O)(=O)Nc1ccc(F)cc1C(=O)NC[C@H]1COc2ccccc2C1. The van der Waals surface area contributed by atoms with Crippen LogP contribution in [0.15, 0.2) is 42.5 Å². The highest BCUT2D eigenvalue weighted by Crippen LogP contribution is 2.26. The predicted molar refractivity (Wildman–Crippen MR) is 96.3 cm³/mol. The molecule has 0 bridgehead atoms. The van der Waals surface area contributed by atoms with Crippen LogP contribution in [0.3, 0.4) is 0 Å². The van der Waals surface area contributed by atoms with E-state index in [-0.39, 0.29) is 17.2 Å². The molecule has 1 heterocycles. The maximum Gasteiger partial charge on any atom is 0.253 e. The van der Waals surface area contributed by atoms with E-state index in [1.165, 1.54) is 6.07 Å². The number of carbonyl (C=O) groups excluding carboxylic acids is 1. The number of hydrogen-bond donors (Lipinski definition) is 2. The molecule has 1 aliphatic heterocycles. The Kier molecular flexibility index (Phi) is 5.13. The van der Waals surface area contributed by atoms with E-state index in [2.05, 4.69) is 10.0 Å². The molecule has 0 aromatic heterocycles. The molecule has 1 amide bonds. The van der Waals surface area contributed by atoms with Gasteiger partial charge in [0.25, 0.3) is 5.91 Å². The number of sulfonamides is 1. The third-order valence-electron chi connectivity index (χ3n) is 4.03. The summed E-state index contributed by atoms with van der Waals surface area (Å²) in [5, 5.41) is 2.73. The Hall–Kier alpha value is -2.61. The third-order valence-corrected chi connectivity index (χ3v) is 4.62. The topological polar surface area (TPSA) is 84.5 Å². The lowest BCUT2D eigenvalue weighted by Crippen LogP contribution is -2.35. The molecule has 0 fully saturated rings. The van der Waals surface area contributed by atoms with Crippen LogP contribution in [0.25, 0.3) is 0 Å². The average Bonchev–Trinajstić information content (AvgIpc) is 2.60. The highest BCUT2D eigenvalue weighted by Gasteiger charge is 2.21. The molecule has 3 rings (SSSR count). The first-order valence-electron chi connectivity index (χ1n) is 8.08. The first-order valence-corrected chi connectivity index (χ1v) is 9.97. The van der Waals surface area contributed by atoms with Crippen molar-refractivity contribution in [3.8, 4) is 5.75 Å². The van der Waals surface area contributed by atoms with Crippen molar-refractivity contribution < 1.29 is 22.3 Å². The van der Waals surface area contributed by atoms with Crippen molar-refractivity contribution in [1.82, 2.24) is 5.32 Å². The summed E-state index contributed by atoms with van der Waals surface area (Å²) in [5.74, 6) is -0.243. The van der Waals surface area contributed by atoms with Crippen LogP contribution in [0.1, 0.15) is 15.9 Å². The third kappa shape index (κ3) is 4.51. The van der Waals surface area contributed by atoms with E-state index in [0.717, 1.165) is 36.1 Å². The molecule has 8 heteroatoms. The minimum absolute atomic E-state index is 0.0386. The van der Waals surface area contributed by atoms with Gasteiger partial charge in [-0.2, -0.15) is 0 Å². The van der Waals surface area contributed by atoms with Gasteiger partial charge in [0, 0.05) is 12.5 Å². The molecule has 2 N–H and O–H groups in total. The van der Waals surface area contributed by atoms with Gasteiger partial charge in [0.15, 0.2) is 0 Å². The lowest BCUT2D eigenvalue weighted by atomic mass is 9.96. The van der Waals surface area contributed by atoms with Crippen LogP contribution in [0.5, 0.6) is 5.75 Å². The molecule has 0 aliphatic carbocycles. The Morgan fingerprint density at radius 3 is 2.81 bits per heavy atom. The first-order chi connectivity index (χ1) is 12.3. The number of amides is 1. The Bertz CT molecular complexity index is 931. The number of rotatable bonds is 5. The minimum atomic E-state index is -3.59. The predicted octanol–water partition coefficient (Wildman–Crippen LogP) is 2.18. The number of para-hydroxylation sites is 1. The summed E-state index contributed by atoms with van der Waals surface area (Å²) in [6, 6.07) is 11.0. The van der Waals surface area contributed by atoms with E-state index in [0.29, 0.717) is 13.2 Å². The monoisotopic (exact) mass is 378 g/mol. The summed E-state index contributed by atoms with van der Waals surface area (Å²) >= 11 is 0. The van der Waals surface area contributed by atoms with Crippen molar-refractivity contribution in [3.63, 3.8) is 0 Å². The highest BCUT2D eigenvalue weighted by molar-refractivity contribution is 7.92. The molecule has 0 saturated heterocycles. The summed E-state index contributed by atoms with van der Waals surface area (Å²) in [7, 11) is -3.59. The number of anilines is 1. The molecule has 6 nitrogen and oxygen atoms in total. The van der Waals surface area contributed by atoms with E-state index < -0.39 is 21.7 Å². The van der Waals surface area contributed by atoms with Crippen LogP contribution >= 0.6 is 0 Å². The first kappa shape index (κ1) is 18.2. The number of nitrogens with one attached hydrogen (secondary N) is 2. The lowest BCUT2D eigenvalue weighted by Gasteiger charge is -2.25. The molecular formula is C18H19FN2O4S. The largest absolute Gasteiger partial charge is 0.493 e. The maximum absolute atomic E-state index is 13.5. The standard InChI is InChI=1S/C18H19FN2O4S/c1-26(23,24)21-16-7-6-14(19)9-15(16)18(22)20-10-12-8-13-4-2-3-5-17(13)25-11-12/h2-7,9,12,21H,8,10-11H2,1H3,(H,20,22)/t12-/m0/s1. The fourth-order valence-electron chi connectivity index (χ4n) is 2.85.